The van der Waals surface area contributed by atoms with Crippen LogP contribution >= 0.6 is 0 Å². The van der Waals surface area contributed by atoms with E-state index in [0.717, 1.165) is 10.5 Å². The smallest absolute Gasteiger partial charge is 0.240 e. The molecule has 1 saturated heterocycles. The van der Waals surface area contributed by atoms with Crippen molar-refractivity contribution in [3.8, 4) is 0 Å². The van der Waals surface area contributed by atoms with Crippen molar-refractivity contribution in [3.05, 3.63) is 42.2 Å². The van der Waals surface area contributed by atoms with E-state index in [1.807, 2.05) is 30.3 Å². The number of carbonyl (C=O) groups is 2. The minimum Gasteiger partial charge on any atom is -0.274 e. The van der Waals surface area contributed by atoms with Crippen LogP contribution in [-0.2, 0) is 16.0 Å². The molecule has 2 amide bonds. The van der Waals surface area contributed by atoms with Gasteiger partial charge in [-0.3, -0.25) is 9.59 Å². The maximum absolute atomic E-state index is 12.2. The Kier molecular flexibility index (Phi) is 2.83. The van der Waals surface area contributed by atoms with Gasteiger partial charge in [-0.15, -0.1) is 0 Å². The molecule has 1 fully saturated rings. The highest BCUT2D eigenvalue weighted by Crippen LogP contribution is 2.26. The molecule has 0 spiro atoms. The van der Waals surface area contributed by atoms with E-state index in [1.165, 1.54) is 6.33 Å². The van der Waals surface area contributed by atoms with Gasteiger partial charge in [-0.1, -0.05) is 30.3 Å². The predicted molar refractivity (Wildman–Crippen MR) is 67.1 cm³/mol. The number of benzene rings is 1. The first-order valence-corrected chi connectivity index (χ1v) is 6.02. The van der Waals surface area contributed by atoms with E-state index in [4.69, 9.17) is 0 Å². The Labute approximate surface area is 109 Å². The number of aromatic amines is 1. The van der Waals surface area contributed by atoms with Crippen LogP contribution in [0.5, 0.6) is 0 Å². The number of H-pyrrole nitrogens is 1. The normalized spacial score (nSPS) is 19.2. The molecule has 19 heavy (non-hydrogen) atoms. The lowest BCUT2D eigenvalue weighted by atomic mass is 9.98. The minimum atomic E-state index is -0.319. The second-order valence-electron chi connectivity index (χ2n) is 4.47. The highest BCUT2D eigenvalue weighted by Gasteiger charge is 2.40. The van der Waals surface area contributed by atoms with Crippen LogP contribution in [0.25, 0.3) is 0 Å². The van der Waals surface area contributed by atoms with Crippen LogP contribution in [0.2, 0.25) is 0 Å². The van der Waals surface area contributed by atoms with Crippen molar-refractivity contribution in [1.29, 1.82) is 0 Å². The standard InChI is InChI=1S/C13H12N4O2/c18-11-7-10(6-9-4-2-1-3-5-9)12(19)17(11)13-14-8-15-16-13/h1-5,8,10H,6-7H2,(H,14,15,16). The molecule has 1 N–H and O–H groups in total. The molecule has 2 heterocycles. The molecule has 3 rings (SSSR count). The highest BCUT2D eigenvalue weighted by molar-refractivity contribution is 6.19. The Balaban J connectivity index is 1.79. The molecule has 6 heteroatoms. The van der Waals surface area contributed by atoms with Crippen molar-refractivity contribution in [2.24, 2.45) is 5.92 Å². The van der Waals surface area contributed by atoms with Gasteiger partial charge < -0.3 is 0 Å². The Bertz CT molecular complexity index is 594. The van der Waals surface area contributed by atoms with Crippen molar-refractivity contribution >= 4 is 17.8 Å². The Morgan fingerprint density at radius 1 is 1.26 bits per heavy atom. The molecule has 2 aromatic rings. The number of carbonyl (C=O) groups excluding carboxylic acids is 2. The molecule has 1 unspecified atom stereocenters. The largest absolute Gasteiger partial charge is 0.274 e. The molecular formula is C13H12N4O2. The summed E-state index contributed by atoms with van der Waals surface area (Å²) in [5.41, 5.74) is 1.05. The summed E-state index contributed by atoms with van der Waals surface area (Å²) in [6, 6.07) is 9.67. The lowest BCUT2D eigenvalue weighted by molar-refractivity contribution is -0.122. The molecule has 0 aliphatic carbocycles. The summed E-state index contributed by atoms with van der Waals surface area (Å²) >= 11 is 0. The zero-order valence-electron chi connectivity index (χ0n) is 10.1. The van der Waals surface area contributed by atoms with Gasteiger partial charge in [-0.05, 0) is 12.0 Å². The van der Waals surface area contributed by atoms with Crippen LogP contribution in [0, 0.1) is 5.92 Å². The van der Waals surface area contributed by atoms with Crippen molar-refractivity contribution in [2.45, 2.75) is 12.8 Å². The summed E-state index contributed by atoms with van der Waals surface area (Å²) < 4.78 is 0. The maximum atomic E-state index is 12.2. The van der Waals surface area contributed by atoms with Gasteiger partial charge in [-0.25, -0.2) is 10.00 Å². The van der Waals surface area contributed by atoms with Gasteiger partial charge in [0.15, 0.2) is 0 Å². The van der Waals surface area contributed by atoms with E-state index in [2.05, 4.69) is 15.2 Å². The quantitative estimate of drug-likeness (QED) is 0.828. The first-order chi connectivity index (χ1) is 9.25. The fourth-order valence-electron chi connectivity index (χ4n) is 2.28. The van der Waals surface area contributed by atoms with Gasteiger partial charge in [0.25, 0.3) is 0 Å². The van der Waals surface area contributed by atoms with Crippen LogP contribution in [0.1, 0.15) is 12.0 Å². The second-order valence-corrected chi connectivity index (χ2v) is 4.47. The monoisotopic (exact) mass is 256 g/mol. The van der Waals surface area contributed by atoms with Crippen LogP contribution < -0.4 is 4.90 Å². The number of aromatic nitrogens is 3. The Morgan fingerprint density at radius 2 is 2.05 bits per heavy atom. The summed E-state index contributed by atoms with van der Waals surface area (Å²) in [6.45, 7) is 0. The lowest BCUT2D eigenvalue weighted by Crippen LogP contribution is -2.31. The molecular weight excluding hydrogens is 244 g/mol. The summed E-state index contributed by atoms with van der Waals surface area (Å²) in [6.07, 6.45) is 2.06. The topological polar surface area (TPSA) is 79.0 Å². The van der Waals surface area contributed by atoms with Crippen LogP contribution in [0.15, 0.2) is 36.7 Å². The van der Waals surface area contributed by atoms with Gasteiger partial charge in [0.2, 0.25) is 17.8 Å². The lowest BCUT2D eigenvalue weighted by Gasteiger charge is -2.10. The van der Waals surface area contributed by atoms with Crippen LogP contribution in [0.4, 0.5) is 5.95 Å². The molecule has 0 saturated carbocycles. The summed E-state index contributed by atoms with van der Waals surface area (Å²) in [5.74, 6) is -0.571. The number of rotatable bonds is 3. The number of nitrogens with one attached hydrogen (secondary N) is 1. The van der Waals surface area contributed by atoms with Gasteiger partial charge >= 0.3 is 0 Å². The van der Waals surface area contributed by atoms with Gasteiger partial charge in [0, 0.05) is 6.42 Å². The first-order valence-electron chi connectivity index (χ1n) is 6.02. The maximum Gasteiger partial charge on any atom is 0.240 e. The van der Waals surface area contributed by atoms with E-state index in [-0.39, 0.29) is 30.1 Å². The number of anilines is 1. The number of imide groups is 1. The third-order valence-electron chi connectivity index (χ3n) is 3.18. The zero-order chi connectivity index (χ0) is 13.2. The van der Waals surface area contributed by atoms with Crippen molar-refractivity contribution in [3.63, 3.8) is 0 Å². The summed E-state index contributed by atoms with van der Waals surface area (Å²) in [5, 5.41) is 6.21. The SMILES string of the molecule is O=C1CC(Cc2ccccc2)C(=O)N1c1ncn[nH]1. The van der Waals surface area contributed by atoms with Gasteiger partial charge in [0.05, 0.1) is 5.92 Å². The summed E-state index contributed by atoms with van der Waals surface area (Å²) in [7, 11) is 0. The number of nitrogens with zero attached hydrogens (tertiary/aromatic N) is 3. The third kappa shape index (κ3) is 2.12. The van der Waals surface area contributed by atoms with Gasteiger partial charge in [0.1, 0.15) is 6.33 Å². The fourth-order valence-corrected chi connectivity index (χ4v) is 2.28. The van der Waals surface area contributed by atoms with E-state index in [9.17, 15) is 9.59 Å². The van der Waals surface area contributed by atoms with Crippen molar-refractivity contribution in [1.82, 2.24) is 15.2 Å². The zero-order valence-corrected chi connectivity index (χ0v) is 10.1. The molecule has 1 atom stereocenters. The summed E-state index contributed by atoms with van der Waals surface area (Å²) in [4.78, 5) is 29.1. The average molecular weight is 256 g/mol. The van der Waals surface area contributed by atoms with E-state index < -0.39 is 0 Å². The van der Waals surface area contributed by atoms with Crippen molar-refractivity contribution < 1.29 is 9.59 Å². The molecule has 0 bridgehead atoms. The van der Waals surface area contributed by atoms with Crippen molar-refractivity contribution in [2.75, 3.05) is 4.90 Å². The van der Waals surface area contributed by atoms with Crippen LogP contribution in [0.3, 0.4) is 0 Å². The number of hydrogen-bond donors (Lipinski definition) is 1. The molecule has 1 aromatic carbocycles. The van der Waals surface area contributed by atoms with E-state index in [1.54, 1.807) is 0 Å². The Morgan fingerprint density at radius 3 is 2.74 bits per heavy atom. The number of amides is 2. The molecule has 96 valence electrons. The van der Waals surface area contributed by atoms with Gasteiger partial charge in [-0.2, -0.15) is 10.1 Å². The minimum absolute atomic E-state index is 0.200. The van der Waals surface area contributed by atoms with E-state index >= 15 is 0 Å². The second kappa shape index (κ2) is 4.64. The van der Waals surface area contributed by atoms with E-state index in [0.29, 0.717) is 6.42 Å². The molecule has 1 aromatic heterocycles. The number of hydrogen-bond acceptors (Lipinski definition) is 4. The Hall–Kier alpha value is -2.50. The first kappa shape index (κ1) is 11.6. The highest BCUT2D eigenvalue weighted by atomic mass is 16.2. The fraction of sp³-hybridized carbons (Fsp3) is 0.231. The molecule has 1 aliphatic rings. The molecule has 6 nitrogen and oxygen atoms in total. The molecule has 1 aliphatic heterocycles. The predicted octanol–water partition coefficient (Wildman–Crippen LogP) is 0.927. The molecule has 0 radical (unpaired) electrons. The average Bonchev–Trinajstić information content (AvgIpc) is 3.01. The van der Waals surface area contributed by atoms with Crippen LogP contribution in [-0.4, -0.2) is 27.0 Å². The third-order valence-corrected chi connectivity index (χ3v) is 3.18.